The Kier molecular flexibility index (Phi) is 5.47. The van der Waals surface area contributed by atoms with Gasteiger partial charge >= 0.3 is 0 Å². The quantitative estimate of drug-likeness (QED) is 0.807. The van der Waals surface area contributed by atoms with E-state index >= 15 is 0 Å². The molecule has 7 nitrogen and oxygen atoms in total. The Balaban J connectivity index is 1.65. The van der Waals surface area contributed by atoms with Crippen molar-refractivity contribution in [2.75, 3.05) is 32.9 Å². The fraction of sp³-hybridized carbons (Fsp3) is 0.500. The van der Waals surface area contributed by atoms with Crippen LogP contribution >= 0.6 is 0 Å². The number of likely N-dealkylation sites (tertiary alicyclic amines) is 1. The summed E-state index contributed by atoms with van der Waals surface area (Å²) in [5, 5.41) is 14.7. The molecule has 0 amide bonds. The second-order valence-electron chi connectivity index (χ2n) is 7.16. The van der Waals surface area contributed by atoms with E-state index in [1.165, 1.54) is 18.4 Å². The highest BCUT2D eigenvalue weighted by Gasteiger charge is 2.35. The molecule has 1 N–H and O–H groups in total. The molecule has 0 spiro atoms. The van der Waals surface area contributed by atoms with Crippen molar-refractivity contribution in [2.45, 2.75) is 19.6 Å². The van der Waals surface area contributed by atoms with Gasteiger partial charge in [-0.1, -0.05) is 18.2 Å². The summed E-state index contributed by atoms with van der Waals surface area (Å²) >= 11 is 0. The summed E-state index contributed by atoms with van der Waals surface area (Å²) in [7, 11) is -0.273. The molecule has 2 aromatic rings. The molecule has 142 valence electrons. The van der Waals surface area contributed by atoms with Crippen molar-refractivity contribution in [1.29, 1.82) is 0 Å². The highest BCUT2D eigenvalue weighted by molar-refractivity contribution is 7.89. The SMILES string of the molecule is Cc1ccccc1-n1cc(CN2C[C@@H](CS(=O)(=O)N(C)C)[C@@H](O)C2)cn1. The van der Waals surface area contributed by atoms with Crippen molar-refractivity contribution >= 4 is 10.0 Å². The number of β-amino-alcohol motifs (C(OH)–C–C–N with tert-alkyl or cyclic N) is 1. The van der Waals surface area contributed by atoms with Crippen LogP contribution in [-0.4, -0.2) is 71.6 Å². The number of aliphatic hydroxyl groups is 1. The number of rotatable bonds is 6. The van der Waals surface area contributed by atoms with E-state index in [0.29, 0.717) is 19.6 Å². The molecular weight excluding hydrogens is 352 g/mol. The molecule has 1 aliphatic rings. The summed E-state index contributed by atoms with van der Waals surface area (Å²) in [6.07, 6.45) is 3.18. The van der Waals surface area contributed by atoms with E-state index < -0.39 is 16.1 Å². The Morgan fingerprint density at radius 1 is 1.27 bits per heavy atom. The van der Waals surface area contributed by atoms with Crippen molar-refractivity contribution < 1.29 is 13.5 Å². The van der Waals surface area contributed by atoms with Crippen LogP contribution in [0.3, 0.4) is 0 Å². The predicted octanol–water partition coefficient (Wildman–Crippen LogP) is 0.865. The largest absolute Gasteiger partial charge is 0.391 e. The van der Waals surface area contributed by atoms with Gasteiger partial charge in [0, 0.05) is 51.4 Å². The maximum atomic E-state index is 12.1. The summed E-state index contributed by atoms with van der Waals surface area (Å²) < 4.78 is 27.2. The molecule has 2 heterocycles. The lowest BCUT2D eigenvalue weighted by Crippen LogP contribution is -2.33. The highest BCUT2D eigenvalue weighted by atomic mass is 32.2. The summed E-state index contributed by atoms with van der Waals surface area (Å²) in [4.78, 5) is 2.08. The minimum atomic E-state index is -3.32. The molecule has 1 aromatic carbocycles. The van der Waals surface area contributed by atoms with E-state index in [2.05, 4.69) is 10.00 Å². The number of nitrogens with zero attached hydrogens (tertiary/aromatic N) is 4. The summed E-state index contributed by atoms with van der Waals surface area (Å²) in [5.74, 6) is -0.297. The average Bonchev–Trinajstić information content (AvgIpc) is 3.15. The minimum Gasteiger partial charge on any atom is -0.391 e. The number of aryl methyl sites for hydroxylation is 1. The molecule has 8 heteroatoms. The first-order valence-corrected chi connectivity index (χ1v) is 10.3. The lowest BCUT2D eigenvalue weighted by molar-refractivity contribution is 0.148. The highest BCUT2D eigenvalue weighted by Crippen LogP contribution is 2.22. The van der Waals surface area contributed by atoms with Gasteiger partial charge in [-0.3, -0.25) is 4.90 Å². The Labute approximate surface area is 154 Å². The van der Waals surface area contributed by atoms with Crippen LogP contribution in [0.5, 0.6) is 0 Å². The van der Waals surface area contributed by atoms with Gasteiger partial charge in [0.1, 0.15) is 0 Å². The monoisotopic (exact) mass is 378 g/mol. The van der Waals surface area contributed by atoms with Crippen LogP contribution in [0, 0.1) is 12.8 Å². The van der Waals surface area contributed by atoms with E-state index in [-0.39, 0.29) is 11.7 Å². The molecule has 1 aromatic heterocycles. The maximum absolute atomic E-state index is 12.1. The van der Waals surface area contributed by atoms with E-state index in [1.54, 1.807) is 0 Å². The van der Waals surface area contributed by atoms with E-state index in [0.717, 1.165) is 16.8 Å². The molecule has 3 rings (SSSR count). The second kappa shape index (κ2) is 7.48. The zero-order valence-electron chi connectivity index (χ0n) is 15.4. The van der Waals surface area contributed by atoms with Crippen molar-refractivity contribution in [3.05, 3.63) is 47.8 Å². The van der Waals surface area contributed by atoms with E-state index in [1.807, 2.05) is 48.3 Å². The van der Waals surface area contributed by atoms with E-state index in [9.17, 15) is 13.5 Å². The predicted molar refractivity (Wildman–Crippen MR) is 101 cm³/mol. The molecule has 1 aliphatic heterocycles. The fourth-order valence-corrected chi connectivity index (χ4v) is 4.47. The van der Waals surface area contributed by atoms with Crippen molar-refractivity contribution in [1.82, 2.24) is 19.0 Å². The van der Waals surface area contributed by atoms with E-state index in [4.69, 9.17) is 0 Å². The topological polar surface area (TPSA) is 78.7 Å². The van der Waals surface area contributed by atoms with Gasteiger partial charge in [-0.05, 0) is 18.6 Å². The molecule has 1 fully saturated rings. The Morgan fingerprint density at radius 3 is 2.69 bits per heavy atom. The number of aromatic nitrogens is 2. The number of hydrogen-bond donors (Lipinski definition) is 1. The first kappa shape index (κ1) is 19.0. The first-order chi connectivity index (χ1) is 12.3. The standard InChI is InChI=1S/C18H26N4O3S/c1-14-6-4-5-7-17(14)22-10-15(8-19-22)9-21-11-16(18(23)12-21)13-26(24,25)20(2)3/h4-8,10,16,18,23H,9,11-13H2,1-3H3/t16-,18-/m0/s1. The normalized spacial score (nSPS) is 21.6. The van der Waals surface area contributed by atoms with Crippen LogP contribution in [0.15, 0.2) is 36.7 Å². The zero-order valence-corrected chi connectivity index (χ0v) is 16.2. The van der Waals surface area contributed by atoms with Crippen molar-refractivity contribution in [3.63, 3.8) is 0 Å². The summed E-state index contributed by atoms with van der Waals surface area (Å²) in [6, 6.07) is 8.05. The first-order valence-electron chi connectivity index (χ1n) is 8.66. The molecule has 26 heavy (non-hydrogen) atoms. The number of hydrogen-bond acceptors (Lipinski definition) is 5. The van der Waals surface area contributed by atoms with Crippen LogP contribution in [0.25, 0.3) is 5.69 Å². The third kappa shape index (κ3) is 4.15. The molecule has 1 saturated heterocycles. The number of aliphatic hydroxyl groups excluding tert-OH is 1. The van der Waals surface area contributed by atoms with Gasteiger partial charge in [0.25, 0.3) is 0 Å². The number of para-hydroxylation sites is 1. The smallest absolute Gasteiger partial charge is 0.214 e. The number of sulfonamides is 1. The fourth-order valence-electron chi connectivity index (χ4n) is 3.31. The van der Waals surface area contributed by atoms with Crippen molar-refractivity contribution in [3.8, 4) is 5.69 Å². The lowest BCUT2D eigenvalue weighted by atomic mass is 10.1. The lowest BCUT2D eigenvalue weighted by Gasteiger charge is -2.17. The van der Waals surface area contributed by atoms with Crippen LogP contribution in [0.2, 0.25) is 0 Å². The van der Waals surface area contributed by atoms with Crippen LogP contribution in [0.4, 0.5) is 0 Å². The molecule has 0 radical (unpaired) electrons. The van der Waals surface area contributed by atoms with Crippen LogP contribution in [-0.2, 0) is 16.6 Å². The molecule has 2 atom stereocenters. The van der Waals surface area contributed by atoms with Gasteiger partial charge in [0.05, 0.1) is 23.7 Å². The van der Waals surface area contributed by atoms with Crippen LogP contribution in [0.1, 0.15) is 11.1 Å². The van der Waals surface area contributed by atoms with Crippen molar-refractivity contribution in [2.24, 2.45) is 5.92 Å². The Hall–Kier alpha value is -1.74. The van der Waals surface area contributed by atoms with Gasteiger partial charge in [-0.15, -0.1) is 0 Å². The third-order valence-electron chi connectivity index (χ3n) is 4.87. The molecule has 0 bridgehead atoms. The molecule has 0 aliphatic carbocycles. The summed E-state index contributed by atoms with van der Waals surface area (Å²) in [6.45, 7) is 3.72. The molecule has 0 unspecified atom stereocenters. The Morgan fingerprint density at radius 2 is 2.00 bits per heavy atom. The van der Waals surface area contributed by atoms with Gasteiger partial charge < -0.3 is 5.11 Å². The maximum Gasteiger partial charge on any atom is 0.214 e. The minimum absolute atomic E-state index is 0.0276. The number of benzene rings is 1. The zero-order chi connectivity index (χ0) is 18.9. The Bertz CT molecular complexity index is 863. The second-order valence-corrected chi connectivity index (χ2v) is 9.39. The average molecular weight is 378 g/mol. The molecular formula is C18H26N4O3S. The van der Waals surface area contributed by atoms with Gasteiger partial charge in [0.2, 0.25) is 10.0 Å². The van der Waals surface area contributed by atoms with Crippen LogP contribution < -0.4 is 0 Å². The van der Waals surface area contributed by atoms with Gasteiger partial charge in [-0.25, -0.2) is 17.4 Å². The van der Waals surface area contributed by atoms with Gasteiger partial charge in [-0.2, -0.15) is 5.10 Å². The molecule has 0 saturated carbocycles. The summed E-state index contributed by atoms with van der Waals surface area (Å²) in [5.41, 5.74) is 3.22. The third-order valence-corrected chi connectivity index (χ3v) is 6.83. The van der Waals surface area contributed by atoms with Gasteiger partial charge in [0.15, 0.2) is 0 Å².